The predicted molar refractivity (Wildman–Crippen MR) is 73.4 cm³/mol. The standard InChI is InChI=1S/C12H7FN4O3S/c1-21-12-15-10(7(5-14)11(18)16-12)6-2-3-9(17(19)20)8(13)4-6/h2-4H,1H3,(H,15,16,18). The Morgan fingerprint density at radius 1 is 1.52 bits per heavy atom. The average Bonchev–Trinajstić information content (AvgIpc) is 2.45. The summed E-state index contributed by atoms with van der Waals surface area (Å²) in [5, 5.41) is 19.9. The number of aromatic nitrogens is 2. The highest BCUT2D eigenvalue weighted by molar-refractivity contribution is 7.98. The monoisotopic (exact) mass is 306 g/mol. The van der Waals surface area contributed by atoms with Crippen molar-refractivity contribution in [1.82, 2.24) is 9.97 Å². The van der Waals surface area contributed by atoms with Crippen LogP contribution in [0.5, 0.6) is 0 Å². The van der Waals surface area contributed by atoms with Crippen molar-refractivity contribution in [3.63, 3.8) is 0 Å². The highest BCUT2D eigenvalue weighted by atomic mass is 32.2. The van der Waals surface area contributed by atoms with E-state index in [-0.39, 0.29) is 22.0 Å². The van der Waals surface area contributed by atoms with Crippen LogP contribution in [-0.4, -0.2) is 21.1 Å². The van der Waals surface area contributed by atoms with Gasteiger partial charge in [0, 0.05) is 11.6 Å². The molecular formula is C12H7FN4O3S. The lowest BCUT2D eigenvalue weighted by Gasteiger charge is -2.05. The van der Waals surface area contributed by atoms with Gasteiger partial charge >= 0.3 is 5.69 Å². The second-order valence-electron chi connectivity index (χ2n) is 3.83. The lowest BCUT2D eigenvalue weighted by atomic mass is 10.1. The number of thioether (sulfide) groups is 1. The van der Waals surface area contributed by atoms with Crippen LogP contribution in [0.4, 0.5) is 10.1 Å². The van der Waals surface area contributed by atoms with Crippen LogP contribution in [-0.2, 0) is 0 Å². The molecule has 2 aromatic rings. The van der Waals surface area contributed by atoms with Crippen molar-refractivity contribution < 1.29 is 9.31 Å². The smallest absolute Gasteiger partial charge is 0.300 e. The number of hydrogen-bond acceptors (Lipinski definition) is 6. The van der Waals surface area contributed by atoms with Crippen molar-refractivity contribution in [2.24, 2.45) is 0 Å². The van der Waals surface area contributed by atoms with Gasteiger partial charge in [-0.15, -0.1) is 0 Å². The molecule has 0 fully saturated rings. The number of aromatic amines is 1. The summed E-state index contributed by atoms with van der Waals surface area (Å²) in [6.45, 7) is 0. The highest BCUT2D eigenvalue weighted by Crippen LogP contribution is 2.26. The molecule has 0 amide bonds. The fourth-order valence-corrected chi connectivity index (χ4v) is 2.04. The van der Waals surface area contributed by atoms with Crippen LogP contribution in [0, 0.1) is 27.3 Å². The van der Waals surface area contributed by atoms with Crippen molar-refractivity contribution in [3.05, 3.63) is 50.0 Å². The summed E-state index contributed by atoms with van der Waals surface area (Å²) in [7, 11) is 0. The van der Waals surface area contributed by atoms with Crippen LogP contribution in [0.15, 0.2) is 28.2 Å². The number of hydrogen-bond donors (Lipinski definition) is 1. The normalized spacial score (nSPS) is 10.1. The van der Waals surface area contributed by atoms with E-state index < -0.39 is 22.0 Å². The van der Waals surface area contributed by atoms with Gasteiger partial charge in [0.2, 0.25) is 5.82 Å². The number of nitriles is 1. The third-order valence-electron chi connectivity index (χ3n) is 2.62. The number of halogens is 1. The van der Waals surface area contributed by atoms with E-state index in [2.05, 4.69) is 9.97 Å². The molecule has 0 radical (unpaired) electrons. The van der Waals surface area contributed by atoms with Gasteiger partial charge in [0.15, 0.2) is 5.16 Å². The van der Waals surface area contributed by atoms with E-state index in [1.807, 2.05) is 0 Å². The Morgan fingerprint density at radius 3 is 2.76 bits per heavy atom. The Morgan fingerprint density at radius 2 is 2.24 bits per heavy atom. The minimum atomic E-state index is -1.06. The predicted octanol–water partition coefficient (Wildman–Crippen LogP) is 2.08. The van der Waals surface area contributed by atoms with Crippen LogP contribution in [0.1, 0.15) is 5.56 Å². The van der Waals surface area contributed by atoms with Crippen LogP contribution in [0.3, 0.4) is 0 Å². The van der Waals surface area contributed by atoms with E-state index >= 15 is 0 Å². The fourth-order valence-electron chi connectivity index (χ4n) is 1.66. The first kappa shape index (κ1) is 14.7. The van der Waals surface area contributed by atoms with Gasteiger partial charge in [-0.05, 0) is 18.4 Å². The molecule has 0 spiro atoms. The molecule has 0 bridgehead atoms. The number of rotatable bonds is 3. The third-order valence-corrected chi connectivity index (χ3v) is 3.20. The molecule has 106 valence electrons. The second kappa shape index (κ2) is 5.72. The lowest BCUT2D eigenvalue weighted by molar-refractivity contribution is -0.387. The minimum Gasteiger partial charge on any atom is -0.300 e. The summed E-state index contributed by atoms with van der Waals surface area (Å²) in [5.41, 5.74) is -1.51. The number of nitrogens with zero attached hydrogens (tertiary/aromatic N) is 3. The molecule has 0 unspecified atom stereocenters. The molecule has 0 aliphatic rings. The number of nitro benzene ring substituents is 1. The molecule has 21 heavy (non-hydrogen) atoms. The molecule has 0 aliphatic heterocycles. The summed E-state index contributed by atoms with van der Waals surface area (Å²) >= 11 is 1.15. The van der Waals surface area contributed by atoms with Crippen LogP contribution in [0.25, 0.3) is 11.3 Å². The van der Waals surface area contributed by atoms with E-state index in [1.165, 1.54) is 6.07 Å². The topological polar surface area (TPSA) is 113 Å². The molecule has 1 aromatic carbocycles. The molecule has 0 aliphatic carbocycles. The second-order valence-corrected chi connectivity index (χ2v) is 4.63. The van der Waals surface area contributed by atoms with Crippen molar-refractivity contribution in [2.45, 2.75) is 5.16 Å². The van der Waals surface area contributed by atoms with E-state index in [0.717, 1.165) is 23.9 Å². The Balaban J connectivity index is 2.70. The number of benzene rings is 1. The fraction of sp³-hybridized carbons (Fsp3) is 0.0833. The van der Waals surface area contributed by atoms with Gasteiger partial charge in [-0.3, -0.25) is 14.9 Å². The SMILES string of the molecule is CSc1nc(-c2ccc([N+](=O)[O-])c(F)c2)c(C#N)c(=O)[nH]1. The maximum absolute atomic E-state index is 13.7. The Bertz CT molecular complexity index is 828. The van der Waals surface area contributed by atoms with Gasteiger partial charge in [-0.2, -0.15) is 9.65 Å². The zero-order valence-corrected chi connectivity index (χ0v) is 11.4. The molecule has 2 rings (SSSR count). The first-order valence-electron chi connectivity index (χ1n) is 5.50. The van der Waals surface area contributed by atoms with Gasteiger partial charge < -0.3 is 4.98 Å². The van der Waals surface area contributed by atoms with E-state index in [9.17, 15) is 19.3 Å². The van der Waals surface area contributed by atoms with Crippen molar-refractivity contribution in [1.29, 1.82) is 5.26 Å². The summed E-state index contributed by atoms with van der Waals surface area (Å²) in [6, 6.07) is 4.79. The van der Waals surface area contributed by atoms with Gasteiger partial charge in [0.1, 0.15) is 11.6 Å². The van der Waals surface area contributed by atoms with Crippen molar-refractivity contribution >= 4 is 17.4 Å². The molecular weight excluding hydrogens is 299 g/mol. The molecule has 0 saturated carbocycles. The van der Waals surface area contributed by atoms with Crippen molar-refractivity contribution in [2.75, 3.05) is 6.26 Å². The van der Waals surface area contributed by atoms with Crippen LogP contribution < -0.4 is 5.56 Å². The third kappa shape index (κ3) is 2.75. The van der Waals surface area contributed by atoms with Gasteiger partial charge in [-0.1, -0.05) is 11.8 Å². The molecule has 0 saturated heterocycles. The molecule has 9 heteroatoms. The lowest BCUT2D eigenvalue weighted by Crippen LogP contribution is -2.14. The molecule has 1 aromatic heterocycles. The Kier molecular flexibility index (Phi) is 4.00. The molecule has 1 heterocycles. The summed E-state index contributed by atoms with van der Waals surface area (Å²) in [4.78, 5) is 27.9. The van der Waals surface area contributed by atoms with Crippen LogP contribution in [0.2, 0.25) is 0 Å². The van der Waals surface area contributed by atoms with Gasteiger partial charge in [0.05, 0.1) is 10.6 Å². The summed E-state index contributed by atoms with van der Waals surface area (Å²) < 4.78 is 13.7. The zero-order chi connectivity index (χ0) is 15.6. The Hall–Kier alpha value is -2.73. The molecule has 7 nitrogen and oxygen atoms in total. The van der Waals surface area contributed by atoms with Gasteiger partial charge in [-0.25, -0.2) is 4.98 Å². The van der Waals surface area contributed by atoms with Gasteiger partial charge in [0.25, 0.3) is 5.56 Å². The maximum atomic E-state index is 13.7. The quantitative estimate of drug-likeness (QED) is 0.402. The number of nitro groups is 1. The number of H-pyrrole nitrogens is 1. The maximum Gasteiger partial charge on any atom is 0.304 e. The van der Waals surface area contributed by atoms with E-state index in [0.29, 0.717) is 0 Å². The number of nitrogens with one attached hydrogen (secondary N) is 1. The molecule has 1 N–H and O–H groups in total. The zero-order valence-electron chi connectivity index (χ0n) is 10.6. The average molecular weight is 306 g/mol. The van der Waals surface area contributed by atoms with E-state index in [1.54, 1.807) is 12.3 Å². The Labute approximate surface area is 121 Å². The van der Waals surface area contributed by atoms with Crippen LogP contribution >= 0.6 is 11.8 Å². The molecule has 0 atom stereocenters. The summed E-state index contributed by atoms with van der Waals surface area (Å²) in [5.74, 6) is -1.06. The first-order valence-corrected chi connectivity index (χ1v) is 6.73. The largest absolute Gasteiger partial charge is 0.304 e. The summed E-state index contributed by atoms with van der Waals surface area (Å²) in [6.07, 6.45) is 1.67. The van der Waals surface area contributed by atoms with Crippen molar-refractivity contribution in [3.8, 4) is 17.3 Å². The van der Waals surface area contributed by atoms with E-state index in [4.69, 9.17) is 5.26 Å². The first-order chi connectivity index (χ1) is 9.97. The highest BCUT2D eigenvalue weighted by Gasteiger charge is 2.18. The minimum absolute atomic E-state index is 0.0144.